The minimum atomic E-state index is 0.412. The van der Waals surface area contributed by atoms with Gasteiger partial charge in [-0.25, -0.2) is 0 Å². The lowest BCUT2D eigenvalue weighted by atomic mass is 10.0. The Kier molecular flexibility index (Phi) is 5.11. The van der Waals surface area contributed by atoms with Crippen LogP contribution in [-0.2, 0) is 6.61 Å². The summed E-state index contributed by atoms with van der Waals surface area (Å²) in [4.78, 5) is 0. The number of ether oxygens (including phenoxy) is 1. The lowest BCUT2D eigenvalue weighted by molar-refractivity contribution is 0.301. The van der Waals surface area contributed by atoms with Crippen molar-refractivity contribution in [3.63, 3.8) is 0 Å². The van der Waals surface area contributed by atoms with Gasteiger partial charge in [0.2, 0.25) is 0 Å². The quantitative estimate of drug-likeness (QED) is 0.690. The van der Waals surface area contributed by atoms with Gasteiger partial charge in [0.15, 0.2) is 0 Å². The molecule has 0 amide bonds. The lowest BCUT2D eigenvalue weighted by Gasteiger charge is -2.15. The molecule has 106 valence electrons. The molecule has 0 atom stereocenters. The van der Waals surface area contributed by atoms with Crippen molar-refractivity contribution in [1.29, 1.82) is 0 Å². The second-order valence-corrected chi connectivity index (χ2v) is 6.85. The molecule has 0 aromatic heterocycles. The summed E-state index contributed by atoms with van der Waals surface area (Å²) in [7, 11) is 0. The van der Waals surface area contributed by atoms with Gasteiger partial charge in [-0.05, 0) is 53.4 Å². The van der Waals surface area contributed by atoms with E-state index in [4.69, 9.17) is 10.5 Å². The third-order valence-corrected chi connectivity index (χ3v) is 3.92. The van der Waals surface area contributed by atoms with E-state index in [0.29, 0.717) is 12.5 Å². The van der Waals surface area contributed by atoms with E-state index in [2.05, 4.69) is 51.8 Å². The van der Waals surface area contributed by atoms with E-state index < -0.39 is 0 Å². The molecule has 0 spiro atoms. The van der Waals surface area contributed by atoms with E-state index in [1.807, 2.05) is 30.3 Å². The number of benzene rings is 2. The van der Waals surface area contributed by atoms with Crippen molar-refractivity contribution in [2.45, 2.75) is 26.4 Å². The molecule has 2 rings (SSSR count). The average molecular weight is 399 g/mol. The van der Waals surface area contributed by atoms with Gasteiger partial charge in [-0.3, -0.25) is 0 Å². The third kappa shape index (κ3) is 4.00. The van der Waals surface area contributed by atoms with Crippen LogP contribution < -0.4 is 10.5 Å². The summed E-state index contributed by atoms with van der Waals surface area (Å²) in [6, 6.07) is 11.9. The zero-order valence-electron chi connectivity index (χ0n) is 11.5. The van der Waals surface area contributed by atoms with Crippen LogP contribution in [-0.4, -0.2) is 0 Å². The number of nitrogen functional groups attached to an aromatic ring is 1. The van der Waals surface area contributed by atoms with Gasteiger partial charge in [0.25, 0.3) is 0 Å². The summed E-state index contributed by atoms with van der Waals surface area (Å²) in [6.45, 7) is 4.82. The molecule has 4 heteroatoms. The summed E-state index contributed by atoms with van der Waals surface area (Å²) in [5.41, 5.74) is 8.82. The molecule has 0 saturated heterocycles. The van der Waals surface area contributed by atoms with Crippen molar-refractivity contribution in [3.05, 3.63) is 56.5 Å². The molecule has 2 nitrogen and oxygen atoms in total. The molecule has 0 heterocycles. The molecule has 2 aromatic rings. The average Bonchev–Trinajstić information content (AvgIpc) is 2.36. The van der Waals surface area contributed by atoms with Crippen LogP contribution in [0.3, 0.4) is 0 Å². The number of anilines is 1. The predicted molar refractivity (Wildman–Crippen MR) is 91.1 cm³/mol. The van der Waals surface area contributed by atoms with Gasteiger partial charge in [0.05, 0.1) is 0 Å². The number of hydrogen-bond donors (Lipinski definition) is 1. The van der Waals surface area contributed by atoms with Gasteiger partial charge in [0, 0.05) is 14.6 Å². The van der Waals surface area contributed by atoms with Crippen molar-refractivity contribution in [2.75, 3.05) is 5.73 Å². The van der Waals surface area contributed by atoms with Gasteiger partial charge in [-0.1, -0.05) is 45.7 Å². The molecule has 0 fully saturated rings. The van der Waals surface area contributed by atoms with Crippen LogP contribution in [0.5, 0.6) is 5.75 Å². The molecule has 0 unspecified atom stereocenters. The fourth-order valence-corrected chi connectivity index (χ4v) is 2.96. The van der Waals surface area contributed by atoms with Crippen molar-refractivity contribution in [1.82, 2.24) is 0 Å². The predicted octanol–water partition coefficient (Wildman–Crippen LogP) is 5.50. The minimum absolute atomic E-state index is 0.412. The second kappa shape index (κ2) is 6.64. The summed E-state index contributed by atoms with van der Waals surface area (Å²) in [6.07, 6.45) is 0. The van der Waals surface area contributed by atoms with E-state index >= 15 is 0 Å². The first kappa shape index (κ1) is 15.4. The van der Waals surface area contributed by atoms with Crippen molar-refractivity contribution < 1.29 is 4.74 Å². The molecule has 0 aliphatic carbocycles. The second-order valence-electron chi connectivity index (χ2n) is 5.02. The van der Waals surface area contributed by atoms with Crippen LogP contribution in [0, 0.1) is 0 Å². The SMILES string of the molecule is CC(C)c1cc(Br)ccc1OCc1cc(N)cc(Br)c1. The van der Waals surface area contributed by atoms with Gasteiger partial charge in [-0.15, -0.1) is 0 Å². The summed E-state index contributed by atoms with van der Waals surface area (Å²) >= 11 is 6.95. The van der Waals surface area contributed by atoms with Crippen LogP contribution in [0.1, 0.15) is 30.9 Å². The van der Waals surface area contributed by atoms with E-state index in [0.717, 1.165) is 25.9 Å². The van der Waals surface area contributed by atoms with Crippen molar-refractivity contribution in [3.8, 4) is 5.75 Å². The normalized spacial score (nSPS) is 10.8. The topological polar surface area (TPSA) is 35.2 Å². The van der Waals surface area contributed by atoms with Crippen molar-refractivity contribution >= 4 is 37.5 Å². The molecule has 0 bridgehead atoms. The standard InChI is InChI=1S/C16H17Br2NO/c1-10(2)15-8-12(17)3-4-16(15)20-9-11-5-13(18)7-14(19)6-11/h3-8,10H,9,19H2,1-2H3. The summed E-state index contributed by atoms with van der Waals surface area (Å²) in [5.74, 6) is 1.33. The molecular weight excluding hydrogens is 382 g/mol. The number of hydrogen-bond acceptors (Lipinski definition) is 2. The summed E-state index contributed by atoms with van der Waals surface area (Å²) in [5, 5.41) is 0. The van der Waals surface area contributed by atoms with Gasteiger partial charge >= 0.3 is 0 Å². The Bertz CT molecular complexity index is 591. The Morgan fingerprint density at radius 3 is 2.45 bits per heavy atom. The first-order valence-corrected chi connectivity index (χ1v) is 8.01. The largest absolute Gasteiger partial charge is 0.489 e. The van der Waals surface area contributed by atoms with Crippen LogP contribution in [0.15, 0.2) is 45.3 Å². The number of halogens is 2. The molecular formula is C16H17Br2NO. The monoisotopic (exact) mass is 397 g/mol. The van der Waals surface area contributed by atoms with Gasteiger partial charge < -0.3 is 10.5 Å². The smallest absolute Gasteiger partial charge is 0.123 e. The molecule has 20 heavy (non-hydrogen) atoms. The lowest BCUT2D eigenvalue weighted by Crippen LogP contribution is -2.01. The van der Waals surface area contributed by atoms with Crippen LogP contribution in [0.2, 0.25) is 0 Å². The highest BCUT2D eigenvalue weighted by Gasteiger charge is 2.09. The summed E-state index contributed by atoms with van der Waals surface area (Å²) < 4.78 is 7.99. The van der Waals surface area contributed by atoms with E-state index in [-0.39, 0.29) is 0 Å². The van der Waals surface area contributed by atoms with Gasteiger partial charge in [0.1, 0.15) is 12.4 Å². The maximum Gasteiger partial charge on any atom is 0.123 e. The number of nitrogens with two attached hydrogens (primary N) is 1. The first-order chi connectivity index (χ1) is 9.45. The zero-order valence-corrected chi connectivity index (χ0v) is 14.7. The molecule has 0 aliphatic rings. The molecule has 0 saturated carbocycles. The highest BCUT2D eigenvalue weighted by Crippen LogP contribution is 2.30. The molecule has 2 aromatic carbocycles. The molecule has 0 aliphatic heterocycles. The Morgan fingerprint density at radius 1 is 1.05 bits per heavy atom. The Hall–Kier alpha value is -1.00. The highest BCUT2D eigenvalue weighted by atomic mass is 79.9. The fraction of sp³-hybridized carbons (Fsp3) is 0.250. The minimum Gasteiger partial charge on any atom is -0.489 e. The molecule has 2 N–H and O–H groups in total. The van der Waals surface area contributed by atoms with E-state index in [1.165, 1.54) is 5.56 Å². The van der Waals surface area contributed by atoms with Crippen molar-refractivity contribution in [2.24, 2.45) is 0 Å². The fourth-order valence-electron chi connectivity index (χ4n) is 2.02. The molecule has 0 radical (unpaired) electrons. The zero-order chi connectivity index (χ0) is 14.7. The highest BCUT2D eigenvalue weighted by molar-refractivity contribution is 9.10. The van der Waals surface area contributed by atoms with Crippen LogP contribution >= 0.6 is 31.9 Å². The number of rotatable bonds is 4. The maximum atomic E-state index is 5.95. The maximum absolute atomic E-state index is 5.95. The Labute approximate surface area is 136 Å². The Balaban J connectivity index is 2.18. The Morgan fingerprint density at radius 2 is 1.80 bits per heavy atom. The van der Waals surface area contributed by atoms with Crippen LogP contribution in [0.4, 0.5) is 5.69 Å². The first-order valence-electron chi connectivity index (χ1n) is 6.43. The van der Waals surface area contributed by atoms with Gasteiger partial charge in [-0.2, -0.15) is 0 Å². The van der Waals surface area contributed by atoms with E-state index in [9.17, 15) is 0 Å². The van der Waals surface area contributed by atoms with Crippen LogP contribution in [0.25, 0.3) is 0 Å². The van der Waals surface area contributed by atoms with E-state index in [1.54, 1.807) is 0 Å². The third-order valence-electron chi connectivity index (χ3n) is 2.97.